The van der Waals surface area contributed by atoms with Gasteiger partial charge < -0.3 is 5.73 Å². The minimum absolute atomic E-state index is 0.212. The zero-order valence-corrected chi connectivity index (χ0v) is 12.5. The molecule has 2 rings (SSSR count). The second kappa shape index (κ2) is 5.26. The van der Waals surface area contributed by atoms with Crippen molar-refractivity contribution in [3.8, 4) is 11.1 Å². The third-order valence-corrected chi connectivity index (χ3v) is 4.11. The van der Waals surface area contributed by atoms with Gasteiger partial charge in [-0.1, -0.05) is 62.7 Å². The first-order valence-electron chi connectivity index (χ1n) is 6.60. The van der Waals surface area contributed by atoms with Crippen molar-refractivity contribution in [2.75, 3.05) is 5.73 Å². The van der Waals surface area contributed by atoms with Gasteiger partial charge in [0.2, 0.25) is 0 Å². The van der Waals surface area contributed by atoms with Gasteiger partial charge in [0, 0.05) is 16.3 Å². The Labute approximate surface area is 120 Å². The van der Waals surface area contributed by atoms with E-state index in [0.29, 0.717) is 5.02 Å². The molecule has 1 nitrogen and oxygen atoms in total. The highest BCUT2D eigenvalue weighted by Gasteiger charge is 2.17. The molecule has 0 spiro atoms. The Morgan fingerprint density at radius 2 is 1.68 bits per heavy atom. The highest BCUT2D eigenvalue weighted by Crippen LogP contribution is 2.32. The first-order valence-corrected chi connectivity index (χ1v) is 6.98. The van der Waals surface area contributed by atoms with Crippen LogP contribution in [-0.4, -0.2) is 0 Å². The lowest BCUT2D eigenvalue weighted by atomic mass is 9.82. The summed E-state index contributed by atoms with van der Waals surface area (Å²) in [5, 5.41) is 0.671. The summed E-state index contributed by atoms with van der Waals surface area (Å²) in [7, 11) is 0. The summed E-state index contributed by atoms with van der Waals surface area (Å²) in [5.41, 5.74) is 10.5. The zero-order valence-electron chi connectivity index (χ0n) is 11.7. The number of hydrogen-bond donors (Lipinski definition) is 1. The van der Waals surface area contributed by atoms with Gasteiger partial charge >= 0.3 is 0 Å². The average molecular weight is 274 g/mol. The summed E-state index contributed by atoms with van der Waals surface area (Å²) in [6.07, 6.45) is 1.12. The Morgan fingerprint density at radius 1 is 1.05 bits per heavy atom. The molecule has 0 saturated heterocycles. The van der Waals surface area contributed by atoms with Crippen LogP contribution in [0.4, 0.5) is 5.69 Å². The lowest BCUT2D eigenvalue weighted by Crippen LogP contribution is -2.14. The van der Waals surface area contributed by atoms with E-state index in [1.165, 1.54) is 5.56 Å². The lowest BCUT2D eigenvalue weighted by Gasteiger charge is -2.23. The molecule has 0 amide bonds. The van der Waals surface area contributed by atoms with Gasteiger partial charge in [-0.25, -0.2) is 0 Å². The van der Waals surface area contributed by atoms with E-state index in [1.807, 2.05) is 12.1 Å². The molecular weight excluding hydrogens is 254 g/mol. The largest absolute Gasteiger partial charge is 0.398 e. The summed E-state index contributed by atoms with van der Waals surface area (Å²) in [4.78, 5) is 0. The number of nitrogen functional groups attached to an aromatic ring is 1. The van der Waals surface area contributed by atoms with Crippen LogP contribution in [0.15, 0.2) is 42.5 Å². The monoisotopic (exact) mass is 273 g/mol. The van der Waals surface area contributed by atoms with E-state index in [4.69, 9.17) is 17.3 Å². The molecule has 0 heterocycles. The predicted octanol–water partition coefficient (Wildman–Crippen LogP) is 5.28. The van der Waals surface area contributed by atoms with E-state index in [1.54, 1.807) is 6.07 Å². The smallest absolute Gasteiger partial charge is 0.0426 e. The van der Waals surface area contributed by atoms with Crippen molar-refractivity contribution in [3.63, 3.8) is 0 Å². The van der Waals surface area contributed by atoms with Gasteiger partial charge in [0.1, 0.15) is 0 Å². The molecule has 2 aromatic carbocycles. The summed E-state index contributed by atoms with van der Waals surface area (Å²) in [6.45, 7) is 6.74. The van der Waals surface area contributed by atoms with E-state index in [2.05, 4.69) is 45.0 Å². The molecule has 0 unspecified atom stereocenters. The number of nitrogens with two attached hydrogens (primary N) is 1. The first-order chi connectivity index (χ1) is 8.94. The Balaban J connectivity index is 2.38. The van der Waals surface area contributed by atoms with Gasteiger partial charge in [-0.2, -0.15) is 0 Å². The Morgan fingerprint density at radius 3 is 2.21 bits per heavy atom. The Bertz CT molecular complexity index is 570. The second-order valence-corrected chi connectivity index (χ2v) is 5.98. The predicted molar refractivity (Wildman–Crippen MR) is 84.6 cm³/mol. The summed E-state index contributed by atoms with van der Waals surface area (Å²) in [6, 6.07) is 14.3. The Kier molecular flexibility index (Phi) is 3.86. The van der Waals surface area contributed by atoms with Crippen LogP contribution in [0.25, 0.3) is 11.1 Å². The minimum Gasteiger partial charge on any atom is -0.398 e. The maximum atomic E-state index is 6.02. The third kappa shape index (κ3) is 2.93. The number of rotatable bonds is 3. The summed E-state index contributed by atoms with van der Waals surface area (Å²) < 4.78 is 0. The quantitative estimate of drug-likeness (QED) is 0.757. The summed E-state index contributed by atoms with van der Waals surface area (Å²) in [5.74, 6) is 0. The molecule has 0 radical (unpaired) electrons. The normalized spacial score (nSPS) is 11.6. The molecule has 0 aliphatic carbocycles. The van der Waals surface area contributed by atoms with Crippen molar-refractivity contribution in [1.29, 1.82) is 0 Å². The van der Waals surface area contributed by atoms with Crippen molar-refractivity contribution >= 4 is 17.3 Å². The number of halogens is 1. The van der Waals surface area contributed by atoms with E-state index in [-0.39, 0.29) is 5.41 Å². The Hall–Kier alpha value is -1.47. The molecule has 19 heavy (non-hydrogen) atoms. The second-order valence-electron chi connectivity index (χ2n) is 5.55. The van der Waals surface area contributed by atoms with Crippen LogP contribution in [0.1, 0.15) is 32.8 Å². The van der Waals surface area contributed by atoms with Crippen LogP contribution < -0.4 is 5.73 Å². The van der Waals surface area contributed by atoms with E-state index in [9.17, 15) is 0 Å². The van der Waals surface area contributed by atoms with Crippen LogP contribution in [0.5, 0.6) is 0 Å². The number of anilines is 1. The van der Waals surface area contributed by atoms with Crippen molar-refractivity contribution in [1.82, 2.24) is 0 Å². The molecule has 2 aromatic rings. The highest BCUT2D eigenvalue weighted by atomic mass is 35.5. The van der Waals surface area contributed by atoms with Crippen molar-refractivity contribution in [2.45, 2.75) is 32.6 Å². The fourth-order valence-corrected chi connectivity index (χ4v) is 2.28. The van der Waals surface area contributed by atoms with E-state index >= 15 is 0 Å². The average Bonchev–Trinajstić information content (AvgIpc) is 2.39. The van der Waals surface area contributed by atoms with Gasteiger partial charge in [0.25, 0.3) is 0 Å². The molecule has 0 aromatic heterocycles. The van der Waals surface area contributed by atoms with Crippen LogP contribution in [0.2, 0.25) is 5.02 Å². The standard InChI is InChI=1S/C17H20ClN/c1-4-17(2,3)13-7-5-12(6-8-13)15-10-9-14(18)11-16(15)19/h5-11H,4,19H2,1-3H3. The van der Waals surface area contributed by atoms with Crippen molar-refractivity contribution in [3.05, 3.63) is 53.1 Å². The maximum absolute atomic E-state index is 6.02. The van der Waals surface area contributed by atoms with E-state index < -0.39 is 0 Å². The van der Waals surface area contributed by atoms with Crippen LogP contribution in [0.3, 0.4) is 0 Å². The maximum Gasteiger partial charge on any atom is 0.0426 e. The lowest BCUT2D eigenvalue weighted by molar-refractivity contribution is 0.506. The fourth-order valence-electron chi connectivity index (χ4n) is 2.10. The summed E-state index contributed by atoms with van der Waals surface area (Å²) >= 11 is 5.93. The molecule has 0 fully saturated rings. The molecule has 0 saturated carbocycles. The molecular formula is C17H20ClN. The van der Waals surface area contributed by atoms with Crippen molar-refractivity contribution < 1.29 is 0 Å². The van der Waals surface area contributed by atoms with Gasteiger partial charge in [-0.05, 0) is 35.1 Å². The number of hydrogen-bond acceptors (Lipinski definition) is 1. The first kappa shape index (κ1) is 14.0. The molecule has 0 aliphatic heterocycles. The zero-order chi connectivity index (χ0) is 14.0. The van der Waals surface area contributed by atoms with Crippen LogP contribution >= 0.6 is 11.6 Å². The number of benzene rings is 2. The molecule has 100 valence electrons. The van der Waals surface area contributed by atoms with Crippen molar-refractivity contribution in [2.24, 2.45) is 0 Å². The van der Waals surface area contributed by atoms with Crippen LogP contribution in [-0.2, 0) is 5.41 Å². The highest BCUT2D eigenvalue weighted by molar-refractivity contribution is 6.31. The molecule has 0 aliphatic rings. The topological polar surface area (TPSA) is 26.0 Å². The van der Waals surface area contributed by atoms with Gasteiger partial charge in [0.05, 0.1) is 0 Å². The SMILES string of the molecule is CCC(C)(C)c1ccc(-c2ccc(Cl)cc2N)cc1. The fraction of sp³-hybridized carbons (Fsp3) is 0.294. The van der Waals surface area contributed by atoms with E-state index in [0.717, 1.165) is 23.2 Å². The molecule has 2 N–H and O–H groups in total. The van der Waals surface area contributed by atoms with Gasteiger partial charge in [-0.15, -0.1) is 0 Å². The van der Waals surface area contributed by atoms with Crippen LogP contribution in [0, 0.1) is 0 Å². The van der Waals surface area contributed by atoms with Gasteiger partial charge in [-0.3, -0.25) is 0 Å². The third-order valence-electron chi connectivity index (χ3n) is 3.87. The minimum atomic E-state index is 0.212. The molecule has 0 atom stereocenters. The van der Waals surface area contributed by atoms with Gasteiger partial charge in [0.15, 0.2) is 0 Å². The molecule has 0 bridgehead atoms. The molecule has 2 heteroatoms.